The van der Waals surface area contributed by atoms with Gasteiger partial charge in [0.2, 0.25) is 5.78 Å². The number of carbonyl (C=O) groups is 2. The Morgan fingerprint density at radius 1 is 1.38 bits per heavy atom. The zero-order valence-corrected chi connectivity index (χ0v) is 12.3. The van der Waals surface area contributed by atoms with Crippen molar-refractivity contribution >= 4 is 23.1 Å². The van der Waals surface area contributed by atoms with Gasteiger partial charge in [0, 0.05) is 6.42 Å². The summed E-state index contributed by atoms with van der Waals surface area (Å²) in [6.07, 6.45) is 0.709. The minimum atomic E-state index is -0.900. The first-order valence-corrected chi connectivity index (χ1v) is 7.56. The van der Waals surface area contributed by atoms with Crippen molar-refractivity contribution in [3.63, 3.8) is 0 Å². The Morgan fingerprint density at radius 2 is 2.19 bits per heavy atom. The highest BCUT2D eigenvalue weighted by Crippen LogP contribution is 2.35. The summed E-state index contributed by atoms with van der Waals surface area (Å²) in [5.74, 6) is -1.05. The van der Waals surface area contributed by atoms with Crippen molar-refractivity contribution in [1.29, 1.82) is 0 Å². The van der Waals surface area contributed by atoms with Crippen molar-refractivity contribution in [3.05, 3.63) is 51.2 Å². The lowest BCUT2D eigenvalue weighted by Crippen LogP contribution is -2.10. The number of benzene rings is 1. The minimum absolute atomic E-state index is 0.109. The molecule has 0 saturated heterocycles. The third kappa shape index (κ3) is 2.45. The number of hydrogen-bond donors (Lipinski definition) is 1. The van der Waals surface area contributed by atoms with Crippen LogP contribution in [0.1, 0.15) is 39.2 Å². The van der Waals surface area contributed by atoms with E-state index in [0.29, 0.717) is 34.8 Å². The monoisotopic (exact) mass is 302 g/mol. The van der Waals surface area contributed by atoms with E-state index in [1.54, 1.807) is 19.1 Å². The van der Waals surface area contributed by atoms with Gasteiger partial charge < -0.3 is 9.84 Å². The molecule has 2 heterocycles. The maximum Gasteiger partial charge on any atom is 0.310 e. The lowest BCUT2D eigenvalue weighted by Gasteiger charge is -2.12. The summed E-state index contributed by atoms with van der Waals surface area (Å²) in [6, 6.07) is 7.08. The highest BCUT2D eigenvalue weighted by atomic mass is 32.1. The van der Waals surface area contributed by atoms with Gasteiger partial charge in [-0.1, -0.05) is 12.1 Å². The molecular weight excluding hydrogens is 288 g/mol. The summed E-state index contributed by atoms with van der Waals surface area (Å²) in [4.78, 5) is 24.4. The topological polar surface area (TPSA) is 63.6 Å². The molecule has 1 aromatic carbocycles. The molecule has 1 aliphatic heterocycles. The number of aliphatic carboxylic acids is 1. The smallest absolute Gasteiger partial charge is 0.310 e. The van der Waals surface area contributed by atoms with Gasteiger partial charge in [0.05, 0.1) is 23.0 Å². The highest BCUT2D eigenvalue weighted by molar-refractivity contribution is 7.12. The van der Waals surface area contributed by atoms with Gasteiger partial charge in [-0.2, -0.15) is 0 Å². The van der Waals surface area contributed by atoms with Crippen molar-refractivity contribution in [2.24, 2.45) is 0 Å². The summed E-state index contributed by atoms with van der Waals surface area (Å²) in [6.45, 7) is 2.16. The Morgan fingerprint density at radius 3 is 2.86 bits per heavy atom. The second kappa shape index (κ2) is 5.33. The molecule has 4 nitrogen and oxygen atoms in total. The van der Waals surface area contributed by atoms with Gasteiger partial charge in [0.15, 0.2) is 0 Å². The molecule has 2 aromatic rings. The van der Waals surface area contributed by atoms with Crippen LogP contribution in [0.5, 0.6) is 5.75 Å². The van der Waals surface area contributed by atoms with Gasteiger partial charge in [-0.05, 0) is 35.6 Å². The Kier molecular flexibility index (Phi) is 3.51. The number of ether oxygens (including phenoxy) is 1. The largest absolute Gasteiger partial charge is 0.492 e. The van der Waals surface area contributed by atoms with Crippen LogP contribution in [-0.4, -0.2) is 23.5 Å². The molecule has 5 heteroatoms. The van der Waals surface area contributed by atoms with E-state index in [2.05, 4.69) is 0 Å². The second-order valence-electron chi connectivity index (χ2n) is 5.02. The predicted molar refractivity (Wildman–Crippen MR) is 79.4 cm³/mol. The van der Waals surface area contributed by atoms with Gasteiger partial charge in [0.25, 0.3) is 0 Å². The average molecular weight is 302 g/mol. The Labute approximate surface area is 126 Å². The van der Waals surface area contributed by atoms with Crippen LogP contribution in [0.2, 0.25) is 0 Å². The third-order valence-electron chi connectivity index (χ3n) is 3.67. The minimum Gasteiger partial charge on any atom is -0.492 e. The standard InChI is InChI=1S/C16H14O4S/c1-9(16(18)19)11-7-10-4-5-20-15(10)12(8-11)14(17)13-3-2-6-21-13/h2-3,6-9H,4-5H2,1H3,(H,18,19). The molecular formula is C16H14O4S. The van der Waals surface area contributed by atoms with Crippen molar-refractivity contribution in [2.75, 3.05) is 6.61 Å². The van der Waals surface area contributed by atoms with Crippen LogP contribution >= 0.6 is 11.3 Å². The maximum atomic E-state index is 12.6. The molecule has 1 unspecified atom stereocenters. The van der Waals surface area contributed by atoms with Crippen LogP contribution < -0.4 is 4.74 Å². The van der Waals surface area contributed by atoms with E-state index >= 15 is 0 Å². The first-order valence-electron chi connectivity index (χ1n) is 6.68. The lowest BCUT2D eigenvalue weighted by molar-refractivity contribution is -0.138. The van der Waals surface area contributed by atoms with Gasteiger partial charge in [0.1, 0.15) is 5.75 Å². The van der Waals surface area contributed by atoms with Gasteiger partial charge in [-0.25, -0.2) is 0 Å². The average Bonchev–Trinajstić information content (AvgIpc) is 3.15. The normalized spacial score (nSPS) is 14.3. The molecule has 1 aliphatic rings. The van der Waals surface area contributed by atoms with Gasteiger partial charge in [-0.15, -0.1) is 11.3 Å². The molecule has 3 rings (SSSR count). The Balaban J connectivity index is 2.11. The van der Waals surface area contributed by atoms with Crippen molar-refractivity contribution in [2.45, 2.75) is 19.3 Å². The summed E-state index contributed by atoms with van der Waals surface area (Å²) in [5, 5.41) is 11.0. The van der Waals surface area contributed by atoms with E-state index in [0.717, 1.165) is 5.56 Å². The number of carboxylic acid groups (broad SMARTS) is 1. The van der Waals surface area contributed by atoms with Gasteiger partial charge >= 0.3 is 5.97 Å². The SMILES string of the molecule is CC(C(=O)O)c1cc2c(c(C(=O)c3cccs3)c1)OCC2. The first-order chi connectivity index (χ1) is 10.1. The number of carboxylic acids is 1. The molecule has 1 aromatic heterocycles. The molecule has 108 valence electrons. The summed E-state index contributed by atoms with van der Waals surface area (Å²) in [7, 11) is 0. The summed E-state index contributed by atoms with van der Waals surface area (Å²) >= 11 is 1.37. The van der Waals surface area contributed by atoms with Crippen molar-refractivity contribution in [3.8, 4) is 5.75 Å². The van der Waals surface area contributed by atoms with E-state index in [9.17, 15) is 14.7 Å². The molecule has 0 saturated carbocycles. The van der Waals surface area contributed by atoms with Gasteiger partial charge in [-0.3, -0.25) is 9.59 Å². The van der Waals surface area contributed by atoms with Crippen LogP contribution in [0.25, 0.3) is 0 Å². The number of thiophene rings is 1. The zero-order valence-electron chi connectivity index (χ0n) is 11.5. The molecule has 0 aliphatic carbocycles. The lowest BCUT2D eigenvalue weighted by atomic mass is 9.93. The fourth-order valence-corrected chi connectivity index (χ4v) is 3.11. The van der Waals surface area contributed by atoms with Crippen molar-refractivity contribution in [1.82, 2.24) is 0 Å². The second-order valence-corrected chi connectivity index (χ2v) is 5.97. The number of hydrogen-bond acceptors (Lipinski definition) is 4. The van der Waals surface area contributed by atoms with Crippen LogP contribution in [0.3, 0.4) is 0 Å². The number of rotatable bonds is 4. The molecule has 21 heavy (non-hydrogen) atoms. The quantitative estimate of drug-likeness (QED) is 0.881. The van der Waals surface area contributed by atoms with E-state index in [1.807, 2.05) is 17.5 Å². The molecule has 1 N–H and O–H groups in total. The Hall–Kier alpha value is -2.14. The Bertz CT molecular complexity index is 703. The van der Waals surface area contributed by atoms with E-state index in [1.165, 1.54) is 11.3 Å². The maximum absolute atomic E-state index is 12.6. The first kappa shape index (κ1) is 13.8. The van der Waals surface area contributed by atoms with Crippen LogP contribution in [0.4, 0.5) is 0 Å². The third-order valence-corrected chi connectivity index (χ3v) is 4.53. The molecule has 0 amide bonds. The fraction of sp³-hybridized carbons (Fsp3) is 0.250. The van der Waals surface area contributed by atoms with E-state index in [4.69, 9.17) is 4.74 Å². The molecule has 0 fully saturated rings. The summed E-state index contributed by atoms with van der Waals surface area (Å²) in [5.41, 5.74) is 2.03. The number of carbonyl (C=O) groups excluding carboxylic acids is 1. The van der Waals surface area contributed by atoms with E-state index in [-0.39, 0.29) is 5.78 Å². The van der Waals surface area contributed by atoms with Crippen LogP contribution in [-0.2, 0) is 11.2 Å². The van der Waals surface area contributed by atoms with Crippen LogP contribution in [0, 0.1) is 0 Å². The number of ketones is 1. The van der Waals surface area contributed by atoms with Crippen LogP contribution in [0.15, 0.2) is 29.6 Å². The van der Waals surface area contributed by atoms with E-state index < -0.39 is 11.9 Å². The highest BCUT2D eigenvalue weighted by Gasteiger charge is 2.26. The molecule has 0 bridgehead atoms. The molecule has 0 spiro atoms. The predicted octanol–water partition coefficient (Wildman–Crippen LogP) is 3.10. The fourth-order valence-electron chi connectivity index (χ4n) is 2.43. The molecule has 1 atom stereocenters. The number of fused-ring (bicyclic) bond motifs is 1. The zero-order chi connectivity index (χ0) is 15.0. The molecule has 0 radical (unpaired) electrons. The summed E-state index contributed by atoms with van der Waals surface area (Å²) < 4.78 is 5.58. The van der Waals surface area contributed by atoms with Crippen molar-refractivity contribution < 1.29 is 19.4 Å².